The van der Waals surface area contributed by atoms with Crippen molar-refractivity contribution < 1.29 is 4.39 Å². The van der Waals surface area contributed by atoms with Crippen LogP contribution in [-0.4, -0.2) is 24.5 Å². The molecule has 0 atom stereocenters. The van der Waals surface area contributed by atoms with Gasteiger partial charge >= 0.3 is 0 Å². The summed E-state index contributed by atoms with van der Waals surface area (Å²) in [5.74, 6) is -0.273. The Morgan fingerprint density at radius 2 is 2.21 bits per heavy atom. The molecule has 0 saturated heterocycles. The van der Waals surface area contributed by atoms with E-state index >= 15 is 0 Å². The molecule has 0 radical (unpaired) electrons. The van der Waals surface area contributed by atoms with Crippen molar-refractivity contribution in [1.29, 1.82) is 0 Å². The summed E-state index contributed by atoms with van der Waals surface area (Å²) in [4.78, 5) is 17.0. The lowest BCUT2D eigenvalue weighted by Gasteiger charge is -2.05. The van der Waals surface area contributed by atoms with Crippen LogP contribution in [0.25, 0.3) is 21.3 Å². The lowest BCUT2D eigenvalue weighted by molar-refractivity contribution is 0.624. The zero-order valence-electron chi connectivity index (χ0n) is 12.5. The molecule has 0 bridgehead atoms. The number of thiophene rings is 1. The molecule has 1 fully saturated rings. The Hall–Kier alpha value is -2.61. The highest BCUT2D eigenvalue weighted by molar-refractivity contribution is 7.17. The first-order valence-corrected chi connectivity index (χ1v) is 8.55. The fourth-order valence-electron chi connectivity index (χ4n) is 2.95. The molecule has 1 aliphatic carbocycles. The smallest absolute Gasteiger partial charge is 0.283 e. The van der Waals surface area contributed by atoms with Crippen molar-refractivity contribution >= 4 is 32.6 Å². The largest absolute Gasteiger partial charge is 0.293 e. The molecule has 4 aromatic rings. The number of benzene rings is 1. The standard InChI is InChI=1S/C16H12FN5OS/c17-11-2-1-3-12-13(11)9(7-24-12)6-21-8-18-15-14(16(21)23)19-20-22(15)10-4-5-10/h1-3,7-8,10H,4-6H2. The van der Waals surface area contributed by atoms with Crippen LogP contribution in [0, 0.1) is 5.82 Å². The second-order valence-corrected chi connectivity index (χ2v) is 6.90. The van der Waals surface area contributed by atoms with Gasteiger partial charge in [0.2, 0.25) is 0 Å². The number of halogens is 1. The lowest BCUT2D eigenvalue weighted by atomic mass is 10.1. The van der Waals surface area contributed by atoms with Gasteiger partial charge in [0.15, 0.2) is 11.2 Å². The molecule has 0 amide bonds. The van der Waals surface area contributed by atoms with Crippen LogP contribution in [0.2, 0.25) is 0 Å². The Morgan fingerprint density at radius 3 is 3.04 bits per heavy atom. The van der Waals surface area contributed by atoms with Gasteiger partial charge in [0, 0.05) is 10.1 Å². The van der Waals surface area contributed by atoms with Crippen molar-refractivity contribution in [3.8, 4) is 0 Å². The molecule has 1 aromatic carbocycles. The minimum absolute atomic E-state index is 0.248. The fraction of sp³-hybridized carbons (Fsp3) is 0.250. The topological polar surface area (TPSA) is 65.6 Å². The lowest BCUT2D eigenvalue weighted by Crippen LogP contribution is -2.21. The minimum atomic E-state index is -0.273. The first-order chi connectivity index (χ1) is 11.7. The Bertz CT molecular complexity index is 1140. The van der Waals surface area contributed by atoms with Gasteiger partial charge < -0.3 is 0 Å². The molecule has 3 aromatic heterocycles. The molecule has 8 heteroatoms. The van der Waals surface area contributed by atoms with Crippen LogP contribution in [0.4, 0.5) is 4.39 Å². The zero-order chi connectivity index (χ0) is 16.3. The minimum Gasteiger partial charge on any atom is -0.293 e. The number of hydrogen-bond acceptors (Lipinski definition) is 5. The molecule has 5 rings (SSSR count). The Balaban J connectivity index is 1.61. The predicted molar refractivity (Wildman–Crippen MR) is 88.7 cm³/mol. The van der Waals surface area contributed by atoms with E-state index in [1.807, 2.05) is 11.4 Å². The third-order valence-electron chi connectivity index (χ3n) is 4.31. The van der Waals surface area contributed by atoms with Gasteiger partial charge in [0.25, 0.3) is 5.56 Å². The predicted octanol–water partition coefficient (Wildman–Crippen LogP) is 2.73. The Kier molecular flexibility index (Phi) is 2.84. The van der Waals surface area contributed by atoms with Gasteiger partial charge in [-0.25, -0.2) is 14.1 Å². The van der Waals surface area contributed by atoms with Crippen LogP contribution in [0.15, 0.2) is 34.7 Å². The number of fused-ring (bicyclic) bond motifs is 2. The molecule has 0 N–H and O–H groups in total. The number of nitrogens with zero attached hydrogens (tertiary/aromatic N) is 5. The average Bonchev–Trinajstić information content (AvgIpc) is 3.19. The van der Waals surface area contributed by atoms with E-state index < -0.39 is 0 Å². The first-order valence-electron chi connectivity index (χ1n) is 7.67. The van der Waals surface area contributed by atoms with Gasteiger partial charge in [0.1, 0.15) is 12.1 Å². The SMILES string of the molecule is O=c1c2nnn(C3CC3)c2ncn1Cc1csc2cccc(F)c12. The molecule has 0 aliphatic heterocycles. The van der Waals surface area contributed by atoms with Gasteiger partial charge in [-0.3, -0.25) is 9.36 Å². The van der Waals surface area contributed by atoms with E-state index in [1.54, 1.807) is 10.7 Å². The molecule has 3 heterocycles. The molecule has 24 heavy (non-hydrogen) atoms. The van der Waals surface area contributed by atoms with Crippen LogP contribution in [0.1, 0.15) is 24.4 Å². The quantitative estimate of drug-likeness (QED) is 0.575. The normalized spacial score (nSPS) is 14.7. The number of aromatic nitrogens is 5. The van der Waals surface area contributed by atoms with Crippen LogP contribution in [-0.2, 0) is 6.54 Å². The second kappa shape index (κ2) is 4.94. The Morgan fingerprint density at radius 1 is 1.33 bits per heavy atom. The fourth-order valence-corrected chi connectivity index (χ4v) is 3.91. The molecular weight excluding hydrogens is 329 g/mol. The number of hydrogen-bond donors (Lipinski definition) is 0. The third-order valence-corrected chi connectivity index (χ3v) is 5.31. The van der Waals surface area contributed by atoms with Crippen molar-refractivity contribution in [2.24, 2.45) is 0 Å². The molecule has 0 unspecified atom stereocenters. The summed E-state index contributed by atoms with van der Waals surface area (Å²) >= 11 is 1.47. The van der Waals surface area contributed by atoms with E-state index in [1.165, 1.54) is 28.3 Å². The summed E-state index contributed by atoms with van der Waals surface area (Å²) in [6.07, 6.45) is 3.59. The van der Waals surface area contributed by atoms with E-state index in [-0.39, 0.29) is 23.4 Å². The highest BCUT2D eigenvalue weighted by Crippen LogP contribution is 2.35. The van der Waals surface area contributed by atoms with E-state index in [9.17, 15) is 9.18 Å². The van der Waals surface area contributed by atoms with E-state index in [0.717, 1.165) is 23.1 Å². The van der Waals surface area contributed by atoms with E-state index in [2.05, 4.69) is 15.3 Å². The first kappa shape index (κ1) is 13.8. The highest BCUT2D eigenvalue weighted by atomic mass is 32.1. The van der Waals surface area contributed by atoms with Gasteiger partial charge in [-0.05, 0) is 35.9 Å². The summed E-state index contributed by atoms with van der Waals surface area (Å²) < 4.78 is 18.2. The summed E-state index contributed by atoms with van der Waals surface area (Å²) in [6.45, 7) is 0.263. The molecule has 120 valence electrons. The van der Waals surface area contributed by atoms with Crippen molar-refractivity contribution in [3.05, 3.63) is 51.6 Å². The van der Waals surface area contributed by atoms with Gasteiger partial charge in [-0.15, -0.1) is 16.4 Å². The maximum atomic E-state index is 14.1. The molecular formula is C16H12FN5OS. The van der Waals surface area contributed by atoms with Crippen LogP contribution in [0.5, 0.6) is 0 Å². The molecule has 6 nitrogen and oxygen atoms in total. The molecule has 1 aliphatic rings. The van der Waals surface area contributed by atoms with E-state index in [0.29, 0.717) is 17.1 Å². The van der Waals surface area contributed by atoms with Crippen molar-refractivity contribution in [2.45, 2.75) is 25.4 Å². The monoisotopic (exact) mass is 341 g/mol. The van der Waals surface area contributed by atoms with Crippen molar-refractivity contribution in [2.75, 3.05) is 0 Å². The maximum Gasteiger partial charge on any atom is 0.283 e. The summed E-state index contributed by atoms with van der Waals surface area (Å²) in [5, 5.41) is 10.5. The number of rotatable bonds is 3. The maximum absolute atomic E-state index is 14.1. The van der Waals surface area contributed by atoms with Crippen molar-refractivity contribution in [3.63, 3.8) is 0 Å². The van der Waals surface area contributed by atoms with Crippen LogP contribution < -0.4 is 5.56 Å². The van der Waals surface area contributed by atoms with Crippen molar-refractivity contribution in [1.82, 2.24) is 24.5 Å². The Labute approximate surface area is 139 Å². The zero-order valence-corrected chi connectivity index (χ0v) is 13.3. The van der Waals surface area contributed by atoms with E-state index in [4.69, 9.17) is 0 Å². The highest BCUT2D eigenvalue weighted by Gasteiger charge is 2.28. The van der Waals surface area contributed by atoms with Crippen LogP contribution in [0.3, 0.4) is 0 Å². The van der Waals surface area contributed by atoms with Gasteiger partial charge in [0.05, 0.1) is 12.6 Å². The summed E-state index contributed by atoms with van der Waals surface area (Å²) in [7, 11) is 0. The molecule has 0 spiro atoms. The average molecular weight is 341 g/mol. The van der Waals surface area contributed by atoms with Gasteiger partial charge in [-0.1, -0.05) is 11.3 Å². The van der Waals surface area contributed by atoms with Gasteiger partial charge in [-0.2, -0.15) is 0 Å². The van der Waals surface area contributed by atoms with Crippen LogP contribution >= 0.6 is 11.3 Å². The summed E-state index contributed by atoms with van der Waals surface area (Å²) in [5.41, 5.74) is 1.32. The summed E-state index contributed by atoms with van der Waals surface area (Å²) in [6, 6.07) is 5.31. The third kappa shape index (κ3) is 1.99. The molecule has 1 saturated carbocycles. The second-order valence-electron chi connectivity index (χ2n) is 5.99.